The Kier molecular flexibility index (Phi) is 2.65. The van der Waals surface area contributed by atoms with Crippen LogP contribution in [-0.2, 0) is 6.54 Å². The van der Waals surface area contributed by atoms with Gasteiger partial charge in [-0.05, 0) is 31.2 Å². The molecular formula is C17H17N4+. The molecule has 2 aromatic carbocycles. The summed E-state index contributed by atoms with van der Waals surface area (Å²) < 4.78 is 2.23. The van der Waals surface area contributed by atoms with E-state index >= 15 is 0 Å². The van der Waals surface area contributed by atoms with Crippen LogP contribution in [0.15, 0.2) is 42.5 Å². The molecule has 2 aromatic heterocycles. The fourth-order valence-corrected chi connectivity index (χ4v) is 2.93. The fraction of sp³-hybridized carbons (Fsp3) is 0.176. The molecule has 4 rings (SSSR count). The van der Waals surface area contributed by atoms with Crippen LogP contribution >= 0.6 is 0 Å². The zero-order valence-corrected chi connectivity index (χ0v) is 12.0. The van der Waals surface area contributed by atoms with Gasteiger partial charge in [-0.1, -0.05) is 23.8 Å². The molecule has 0 saturated carbocycles. The van der Waals surface area contributed by atoms with Crippen LogP contribution < -0.4 is 5.73 Å². The van der Waals surface area contributed by atoms with E-state index in [1.165, 1.54) is 16.5 Å². The van der Waals surface area contributed by atoms with Crippen molar-refractivity contribution < 1.29 is 5.73 Å². The molecule has 3 N–H and O–H groups in total. The van der Waals surface area contributed by atoms with E-state index in [2.05, 4.69) is 35.4 Å². The number of rotatable bonds is 2. The van der Waals surface area contributed by atoms with E-state index in [4.69, 9.17) is 9.97 Å². The van der Waals surface area contributed by atoms with Crippen LogP contribution in [0.3, 0.4) is 0 Å². The zero-order valence-electron chi connectivity index (χ0n) is 12.0. The molecule has 4 aromatic rings. The molecular weight excluding hydrogens is 260 g/mol. The maximum atomic E-state index is 4.85. The summed E-state index contributed by atoms with van der Waals surface area (Å²) in [5.41, 5.74) is 10.2. The van der Waals surface area contributed by atoms with Gasteiger partial charge in [0.25, 0.3) is 0 Å². The molecule has 0 amide bonds. The number of hydrogen-bond acceptors (Lipinski definition) is 2. The van der Waals surface area contributed by atoms with Gasteiger partial charge in [-0.25, -0.2) is 9.97 Å². The van der Waals surface area contributed by atoms with E-state index in [-0.39, 0.29) is 0 Å². The van der Waals surface area contributed by atoms with Crippen LogP contribution in [0.25, 0.3) is 33.1 Å². The van der Waals surface area contributed by atoms with Crippen LogP contribution in [0, 0.1) is 6.92 Å². The van der Waals surface area contributed by atoms with Gasteiger partial charge in [-0.2, -0.15) is 0 Å². The molecule has 21 heavy (non-hydrogen) atoms. The molecule has 0 atom stereocenters. The summed E-state index contributed by atoms with van der Waals surface area (Å²) in [6.45, 7) is 3.80. The molecule has 0 spiro atoms. The van der Waals surface area contributed by atoms with E-state index in [1.807, 2.05) is 24.3 Å². The highest BCUT2D eigenvalue weighted by molar-refractivity contribution is 6.06. The summed E-state index contributed by atoms with van der Waals surface area (Å²) >= 11 is 0. The summed E-state index contributed by atoms with van der Waals surface area (Å²) in [4.78, 5) is 9.68. The van der Waals surface area contributed by atoms with Gasteiger partial charge < -0.3 is 10.3 Å². The number of quaternary nitrogens is 1. The number of para-hydroxylation sites is 2. The predicted molar refractivity (Wildman–Crippen MR) is 85.0 cm³/mol. The highest BCUT2D eigenvalue weighted by Gasteiger charge is 2.14. The number of aryl methyl sites for hydroxylation is 1. The largest absolute Gasteiger partial charge is 0.356 e. The van der Waals surface area contributed by atoms with Crippen molar-refractivity contribution in [2.45, 2.75) is 13.5 Å². The summed E-state index contributed by atoms with van der Waals surface area (Å²) in [5.74, 6) is 0. The Labute approximate surface area is 122 Å². The first-order chi connectivity index (χ1) is 10.3. The summed E-state index contributed by atoms with van der Waals surface area (Å²) in [5, 5.41) is 1.18. The number of hydrogen-bond donors (Lipinski definition) is 1. The van der Waals surface area contributed by atoms with Gasteiger partial charge in [-0.3, -0.25) is 0 Å². The molecule has 0 saturated heterocycles. The third-order valence-electron chi connectivity index (χ3n) is 3.89. The van der Waals surface area contributed by atoms with Crippen molar-refractivity contribution in [3.8, 4) is 0 Å². The quantitative estimate of drug-likeness (QED) is 0.611. The van der Waals surface area contributed by atoms with Crippen molar-refractivity contribution in [3.05, 3.63) is 48.0 Å². The molecule has 0 fully saturated rings. The molecule has 0 aliphatic rings. The van der Waals surface area contributed by atoms with Crippen molar-refractivity contribution >= 4 is 33.1 Å². The Bertz CT molecular complexity index is 969. The third-order valence-corrected chi connectivity index (χ3v) is 3.89. The zero-order chi connectivity index (χ0) is 14.4. The van der Waals surface area contributed by atoms with Crippen molar-refractivity contribution in [2.24, 2.45) is 0 Å². The van der Waals surface area contributed by atoms with Crippen LogP contribution in [0.5, 0.6) is 0 Å². The molecule has 0 bridgehead atoms. The predicted octanol–water partition coefficient (Wildman–Crippen LogP) is 2.29. The Balaban J connectivity index is 2.22. The van der Waals surface area contributed by atoms with Gasteiger partial charge in [0.1, 0.15) is 5.52 Å². The summed E-state index contributed by atoms with van der Waals surface area (Å²) in [6, 6.07) is 14.5. The lowest BCUT2D eigenvalue weighted by molar-refractivity contribution is -0.369. The van der Waals surface area contributed by atoms with E-state index in [0.29, 0.717) is 0 Å². The minimum absolute atomic E-state index is 0.835. The SMILES string of the molecule is Cc1ccc2c(c1)c1nc3ccccc3nc1n2CC[NH3+]. The van der Waals surface area contributed by atoms with E-state index < -0.39 is 0 Å². The summed E-state index contributed by atoms with van der Waals surface area (Å²) in [6.07, 6.45) is 0. The van der Waals surface area contributed by atoms with Crippen molar-refractivity contribution in [1.82, 2.24) is 14.5 Å². The molecule has 0 aliphatic heterocycles. The molecule has 104 valence electrons. The van der Waals surface area contributed by atoms with E-state index in [9.17, 15) is 0 Å². The molecule has 0 unspecified atom stereocenters. The minimum atomic E-state index is 0.835. The fourth-order valence-electron chi connectivity index (χ4n) is 2.93. The van der Waals surface area contributed by atoms with Gasteiger partial charge in [0.05, 0.1) is 29.6 Å². The first-order valence-electron chi connectivity index (χ1n) is 7.22. The number of benzene rings is 2. The van der Waals surface area contributed by atoms with E-state index in [1.54, 1.807) is 0 Å². The maximum absolute atomic E-state index is 4.85. The highest BCUT2D eigenvalue weighted by atomic mass is 15.1. The minimum Gasteiger partial charge on any atom is -0.356 e. The molecule has 2 heterocycles. The van der Waals surface area contributed by atoms with Crippen molar-refractivity contribution in [1.29, 1.82) is 0 Å². The third kappa shape index (κ3) is 1.80. The second-order valence-electron chi connectivity index (χ2n) is 5.41. The van der Waals surface area contributed by atoms with Crippen LogP contribution in [-0.4, -0.2) is 21.1 Å². The smallest absolute Gasteiger partial charge is 0.160 e. The Morgan fingerprint density at radius 1 is 1.05 bits per heavy atom. The molecule has 4 nitrogen and oxygen atoms in total. The average molecular weight is 277 g/mol. The lowest BCUT2D eigenvalue weighted by Crippen LogP contribution is -2.51. The number of fused-ring (bicyclic) bond motifs is 4. The van der Waals surface area contributed by atoms with Gasteiger partial charge in [-0.15, -0.1) is 0 Å². The maximum Gasteiger partial charge on any atom is 0.160 e. The Morgan fingerprint density at radius 2 is 1.81 bits per heavy atom. The first-order valence-corrected chi connectivity index (χ1v) is 7.22. The first kappa shape index (κ1) is 12.3. The van der Waals surface area contributed by atoms with E-state index in [0.717, 1.165) is 35.3 Å². The number of aromatic nitrogens is 3. The van der Waals surface area contributed by atoms with Gasteiger partial charge >= 0.3 is 0 Å². The van der Waals surface area contributed by atoms with Gasteiger partial charge in [0, 0.05) is 5.39 Å². The topological polar surface area (TPSA) is 58.4 Å². The van der Waals surface area contributed by atoms with Crippen molar-refractivity contribution in [3.63, 3.8) is 0 Å². The normalized spacial score (nSPS) is 11.7. The van der Waals surface area contributed by atoms with Crippen LogP contribution in [0.1, 0.15) is 5.56 Å². The second kappa shape index (κ2) is 4.53. The van der Waals surface area contributed by atoms with Gasteiger partial charge in [0.15, 0.2) is 5.65 Å². The Hall–Kier alpha value is -2.46. The van der Waals surface area contributed by atoms with Gasteiger partial charge in [0.2, 0.25) is 0 Å². The number of nitrogens with zero attached hydrogens (tertiary/aromatic N) is 3. The molecule has 0 radical (unpaired) electrons. The standard InChI is InChI=1S/C17H16N4/c1-11-6-7-15-12(10-11)16-17(21(15)9-8-18)20-14-5-3-2-4-13(14)19-16/h2-7,10H,8-9,18H2,1H3/p+1. The van der Waals surface area contributed by atoms with Crippen LogP contribution in [0.4, 0.5) is 0 Å². The second-order valence-corrected chi connectivity index (χ2v) is 5.41. The molecule has 4 heteroatoms. The Morgan fingerprint density at radius 3 is 2.57 bits per heavy atom. The van der Waals surface area contributed by atoms with Crippen LogP contribution in [0.2, 0.25) is 0 Å². The molecule has 0 aliphatic carbocycles. The highest BCUT2D eigenvalue weighted by Crippen LogP contribution is 2.28. The van der Waals surface area contributed by atoms with Crippen molar-refractivity contribution in [2.75, 3.05) is 6.54 Å². The summed E-state index contributed by atoms with van der Waals surface area (Å²) in [7, 11) is 0. The monoisotopic (exact) mass is 277 g/mol. The lowest BCUT2D eigenvalue weighted by Gasteiger charge is -2.03. The lowest BCUT2D eigenvalue weighted by atomic mass is 10.1. The average Bonchev–Trinajstić information content (AvgIpc) is 2.79.